The van der Waals surface area contributed by atoms with E-state index in [1.807, 2.05) is 6.07 Å². The number of aryl methyl sites for hydroxylation is 1. The minimum absolute atomic E-state index is 0.0573. The second-order valence-electron chi connectivity index (χ2n) is 11.3. The first-order valence-electron chi connectivity index (χ1n) is 15.1. The van der Waals surface area contributed by atoms with Crippen LogP contribution in [0.15, 0.2) is 28.9 Å². The normalized spacial score (nSPS) is 23.9. The molecule has 0 spiro atoms. The summed E-state index contributed by atoms with van der Waals surface area (Å²) in [5.41, 5.74) is 0.212. The van der Waals surface area contributed by atoms with Crippen molar-refractivity contribution in [1.82, 2.24) is 20.2 Å². The zero-order valence-corrected chi connectivity index (χ0v) is 25.6. The third-order valence-electron chi connectivity index (χ3n) is 8.67. The van der Waals surface area contributed by atoms with Crippen molar-refractivity contribution in [2.75, 3.05) is 20.8 Å². The maximum absolute atomic E-state index is 14.7. The van der Waals surface area contributed by atoms with Gasteiger partial charge in [0.05, 0.1) is 24.6 Å². The van der Waals surface area contributed by atoms with Crippen LogP contribution in [-0.2, 0) is 26.2 Å². The van der Waals surface area contributed by atoms with Crippen LogP contribution in [0.4, 0.5) is 8.78 Å². The number of aliphatic hydroxyl groups is 2. The average Bonchev–Trinajstić information content (AvgIpc) is 3.69. The molecule has 3 heterocycles. The van der Waals surface area contributed by atoms with Crippen molar-refractivity contribution >= 4 is 0 Å². The van der Waals surface area contributed by atoms with E-state index in [2.05, 4.69) is 29.3 Å². The van der Waals surface area contributed by atoms with Crippen LogP contribution in [0.1, 0.15) is 81.9 Å². The van der Waals surface area contributed by atoms with E-state index in [-0.39, 0.29) is 23.2 Å². The van der Waals surface area contributed by atoms with Crippen LogP contribution in [0.5, 0.6) is 0 Å². The molecule has 1 unspecified atom stereocenters. The molecule has 1 aliphatic rings. The van der Waals surface area contributed by atoms with Crippen molar-refractivity contribution in [1.29, 1.82) is 0 Å². The van der Waals surface area contributed by atoms with Crippen LogP contribution in [0.3, 0.4) is 0 Å². The number of rotatable bonds is 15. The second-order valence-corrected chi connectivity index (χ2v) is 11.3. The average molecular weight is 607 g/mol. The van der Waals surface area contributed by atoms with Gasteiger partial charge in [0.25, 0.3) is 0 Å². The minimum Gasteiger partial charge on any atom is -0.394 e. The van der Waals surface area contributed by atoms with Crippen molar-refractivity contribution in [3.8, 4) is 11.3 Å². The van der Waals surface area contributed by atoms with Crippen LogP contribution >= 0.6 is 0 Å². The summed E-state index contributed by atoms with van der Waals surface area (Å²) in [5.74, 6) is -1.36. The highest BCUT2D eigenvalue weighted by molar-refractivity contribution is 5.59. The van der Waals surface area contributed by atoms with E-state index >= 15 is 0 Å². The number of aromatic nitrogens is 4. The van der Waals surface area contributed by atoms with E-state index in [1.54, 1.807) is 7.11 Å². The number of benzene rings is 1. The van der Waals surface area contributed by atoms with E-state index < -0.39 is 54.3 Å². The smallest absolute Gasteiger partial charge is 0.168 e. The van der Waals surface area contributed by atoms with Crippen LogP contribution < -0.4 is 0 Å². The highest BCUT2D eigenvalue weighted by Gasteiger charge is 2.47. The van der Waals surface area contributed by atoms with Gasteiger partial charge in [0.15, 0.2) is 17.4 Å². The number of hydrogen-bond donors (Lipinski definition) is 2. The van der Waals surface area contributed by atoms with Gasteiger partial charge in [0, 0.05) is 32.3 Å². The molecule has 3 aromatic rings. The lowest BCUT2D eigenvalue weighted by molar-refractivity contribution is -0.212. The fourth-order valence-electron chi connectivity index (χ4n) is 5.98. The maximum atomic E-state index is 14.7. The summed E-state index contributed by atoms with van der Waals surface area (Å²) in [7, 11) is 3.16. The molecule has 0 aliphatic carbocycles. The van der Waals surface area contributed by atoms with Crippen LogP contribution in [-0.4, -0.2) is 75.6 Å². The van der Waals surface area contributed by atoms with Gasteiger partial charge in [-0.3, -0.25) is 0 Å². The Morgan fingerprint density at radius 3 is 2.51 bits per heavy atom. The summed E-state index contributed by atoms with van der Waals surface area (Å²) in [6.45, 7) is 5.26. The molecule has 43 heavy (non-hydrogen) atoms. The molecule has 2 aromatic heterocycles. The summed E-state index contributed by atoms with van der Waals surface area (Å²) in [6, 6.07) is 3.90. The lowest BCUT2D eigenvalue weighted by atomic mass is 9.88. The van der Waals surface area contributed by atoms with Gasteiger partial charge >= 0.3 is 0 Å². The van der Waals surface area contributed by atoms with Gasteiger partial charge < -0.3 is 28.9 Å². The Balaban J connectivity index is 1.57. The van der Waals surface area contributed by atoms with E-state index in [9.17, 15) is 19.0 Å². The molecular formula is C31H44F2N4O6. The summed E-state index contributed by atoms with van der Waals surface area (Å²) >= 11 is 0. The highest BCUT2D eigenvalue weighted by atomic mass is 19.2. The van der Waals surface area contributed by atoms with Crippen molar-refractivity contribution < 1.29 is 37.7 Å². The fraction of sp³-hybridized carbons (Fsp3) is 0.645. The number of nitrogens with zero attached hydrogens (tertiary/aromatic N) is 4. The topological polar surface area (TPSA) is 125 Å². The number of halogens is 2. The van der Waals surface area contributed by atoms with Gasteiger partial charge in [-0.2, -0.15) is 0 Å². The number of aliphatic hydroxyl groups excluding tert-OH is 2. The van der Waals surface area contributed by atoms with Crippen molar-refractivity contribution in [3.63, 3.8) is 0 Å². The van der Waals surface area contributed by atoms with Crippen LogP contribution in [0.2, 0.25) is 0 Å². The number of methoxy groups -OCH3 is 2. The highest BCUT2D eigenvalue weighted by Crippen LogP contribution is 2.37. The molecule has 1 aliphatic heterocycles. The second kappa shape index (κ2) is 14.8. The lowest BCUT2D eigenvalue weighted by Gasteiger charge is -2.43. The van der Waals surface area contributed by atoms with Crippen molar-refractivity contribution in [2.24, 2.45) is 0 Å². The molecule has 0 bridgehead atoms. The third-order valence-corrected chi connectivity index (χ3v) is 8.67. The lowest BCUT2D eigenvalue weighted by Crippen LogP contribution is -2.57. The van der Waals surface area contributed by atoms with Gasteiger partial charge in [-0.1, -0.05) is 62.4 Å². The van der Waals surface area contributed by atoms with Gasteiger partial charge in [0.2, 0.25) is 0 Å². The van der Waals surface area contributed by atoms with E-state index in [0.29, 0.717) is 17.9 Å². The number of ether oxygens (including phenoxy) is 3. The van der Waals surface area contributed by atoms with Gasteiger partial charge in [0.1, 0.15) is 35.6 Å². The predicted octanol–water partition coefficient (Wildman–Crippen LogP) is 5.05. The Morgan fingerprint density at radius 1 is 1.07 bits per heavy atom. The summed E-state index contributed by atoms with van der Waals surface area (Å²) < 4.78 is 54.0. The molecule has 12 heteroatoms. The SMILES string of the molecule is CCCCCCCC(CC)(OC)c1cc(C[C@H]2O[C@H](CO)[C@H](O)[C@H](n3cc(-c4ccc(C)c(F)c4F)nn3)[C@H]2OC)no1. The third kappa shape index (κ3) is 6.99. The Morgan fingerprint density at radius 2 is 1.84 bits per heavy atom. The Hall–Kier alpha value is -2.77. The molecular weight excluding hydrogens is 562 g/mol. The van der Waals surface area contributed by atoms with Gasteiger partial charge in [-0.05, 0) is 31.4 Å². The van der Waals surface area contributed by atoms with E-state index in [0.717, 1.165) is 19.3 Å². The van der Waals surface area contributed by atoms with Crippen LogP contribution in [0.25, 0.3) is 11.3 Å². The zero-order chi connectivity index (χ0) is 31.1. The number of unbranched alkanes of at least 4 members (excludes halogenated alkanes) is 4. The molecule has 0 saturated carbocycles. The quantitative estimate of drug-likeness (QED) is 0.229. The first-order chi connectivity index (χ1) is 20.7. The Labute approximate surface area is 251 Å². The summed E-state index contributed by atoms with van der Waals surface area (Å²) in [6.07, 6.45) is 5.27. The standard InChI is InChI=1S/C31H44F2N4O6/c1-6-8-9-10-11-14-31(7-2,41-5)25-16-20(35-43-25)15-23-30(40-4)28(29(39)24(18-38)42-23)37-17-22(34-36-37)21-13-12-19(3)26(32)27(21)33/h12-13,16-17,23-24,28-30,38-39H,6-11,14-15,18H2,1-5H3/t23-,24-,28+,29+,30+,31?/m1/s1. The van der Waals surface area contributed by atoms with Crippen molar-refractivity contribution in [3.05, 3.63) is 53.0 Å². The summed E-state index contributed by atoms with van der Waals surface area (Å²) in [4.78, 5) is 0. The molecule has 1 saturated heterocycles. The molecule has 0 radical (unpaired) electrons. The molecule has 1 aromatic carbocycles. The molecule has 2 N–H and O–H groups in total. The van der Waals surface area contributed by atoms with Crippen LogP contribution in [0, 0.1) is 18.6 Å². The largest absolute Gasteiger partial charge is 0.394 e. The van der Waals surface area contributed by atoms with Gasteiger partial charge in [-0.25, -0.2) is 13.5 Å². The van der Waals surface area contributed by atoms with Crippen molar-refractivity contribution in [2.45, 2.75) is 108 Å². The minimum atomic E-state index is -1.23. The molecule has 4 rings (SSSR count). The fourth-order valence-corrected chi connectivity index (χ4v) is 5.98. The van der Waals surface area contributed by atoms with E-state index in [4.69, 9.17) is 18.7 Å². The predicted molar refractivity (Wildman–Crippen MR) is 154 cm³/mol. The maximum Gasteiger partial charge on any atom is 0.168 e. The first kappa shape index (κ1) is 33.1. The molecule has 6 atom stereocenters. The van der Waals surface area contributed by atoms with E-state index in [1.165, 1.54) is 56.3 Å². The molecule has 10 nitrogen and oxygen atoms in total. The molecule has 1 fully saturated rings. The first-order valence-corrected chi connectivity index (χ1v) is 15.1. The number of hydrogen-bond acceptors (Lipinski definition) is 9. The zero-order valence-electron chi connectivity index (χ0n) is 25.6. The Bertz CT molecular complexity index is 1310. The molecule has 0 amide bonds. The molecule has 238 valence electrons. The summed E-state index contributed by atoms with van der Waals surface area (Å²) in [5, 5.41) is 33.7. The Kier molecular flexibility index (Phi) is 11.4. The van der Waals surface area contributed by atoms with Gasteiger partial charge in [-0.15, -0.1) is 5.10 Å². The monoisotopic (exact) mass is 606 g/mol.